The first-order valence-electron chi connectivity index (χ1n) is 10.5. The number of aliphatic hydroxyl groups is 1. The van der Waals surface area contributed by atoms with Gasteiger partial charge in [-0.15, -0.1) is 0 Å². The lowest BCUT2D eigenvalue weighted by molar-refractivity contribution is -0.143. The average molecular weight is 538 g/mol. The molecule has 17 heteroatoms. The molecule has 16 nitrogen and oxygen atoms in total. The molecular formula is C19H31N5O11S. The maximum atomic E-state index is 12.6. The van der Waals surface area contributed by atoms with Crippen molar-refractivity contribution < 1.29 is 54.0 Å². The zero-order chi connectivity index (χ0) is 28.2. The zero-order valence-corrected chi connectivity index (χ0v) is 20.4. The zero-order valence-electron chi connectivity index (χ0n) is 19.5. The van der Waals surface area contributed by atoms with Gasteiger partial charge in [0.15, 0.2) is 0 Å². The molecule has 0 aromatic rings. The van der Waals surface area contributed by atoms with Crippen LogP contribution in [0.1, 0.15) is 33.1 Å². The van der Waals surface area contributed by atoms with Crippen molar-refractivity contribution in [2.45, 2.75) is 69.4 Å². The smallest absolute Gasteiger partial charge is 0.326 e. The van der Waals surface area contributed by atoms with Gasteiger partial charge in [-0.05, 0) is 20.3 Å². The number of carbonyl (C=O) groups excluding carboxylic acids is 4. The molecule has 0 aromatic carbocycles. The summed E-state index contributed by atoms with van der Waals surface area (Å²) in [4.78, 5) is 81.9. The van der Waals surface area contributed by atoms with Crippen LogP contribution in [-0.4, -0.2) is 104 Å². The van der Waals surface area contributed by atoms with Crippen LogP contribution in [0.2, 0.25) is 0 Å². The quantitative estimate of drug-likeness (QED) is 0.0844. The molecule has 0 aliphatic carbocycles. The minimum absolute atomic E-state index is 0.281. The largest absolute Gasteiger partial charge is 0.481 e. The van der Waals surface area contributed by atoms with E-state index < -0.39 is 97.1 Å². The highest BCUT2D eigenvalue weighted by Crippen LogP contribution is 2.02. The minimum Gasteiger partial charge on any atom is -0.481 e. The second-order valence-electron chi connectivity index (χ2n) is 7.74. The topological polar surface area (TPSA) is 275 Å². The monoisotopic (exact) mass is 537 g/mol. The van der Waals surface area contributed by atoms with Crippen LogP contribution in [0.5, 0.6) is 0 Å². The van der Waals surface area contributed by atoms with Gasteiger partial charge in [-0.1, -0.05) is 0 Å². The van der Waals surface area contributed by atoms with Crippen molar-refractivity contribution in [3.05, 3.63) is 0 Å². The highest BCUT2D eigenvalue weighted by molar-refractivity contribution is 7.80. The third-order valence-electron chi connectivity index (χ3n) is 4.62. The van der Waals surface area contributed by atoms with Crippen molar-refractivity contribution in [1.82, 2.24) is 21.3 Å². The lowest BCUT2D eigenvalue weighted by Crippen LogP contribution is -2.60. The Kier molecular flexibility index (Phi) is 14.0. The number of aliphatic hydroxyl groups excluding tert-OH is 1. The van der Waals surface area contributed by atoms with Gasteiger partial charge in [0.2, 0.25) is 23.6 Å². The normalized spacial score (nSPS) is 15.7. The standard InChI is InChI=1S/C19H31N5O11S/c1-7(15(30)22-10(19(34)35)3-4-12(26)27)21-18(33)14(8(2)25)24-17(32)11(6-36)23-16(31)9(20)5-13(28)29/h7-11,14,25,36H,3-6,20H2,1-2H3,(H,21,33)(H,22,30)(H,23,31)(H,24,32)(H,26,27)(H,28,29)(H,34,35)/t7-,8+,9-,10-,11-,14-/m0/s1. The molecule has 0 heterocycles. The molecule has 0 radical (unpaired) electrons. The number of aliphatic carboxylic acids is 3. The summed E-state index contributed by atoms with van der Waals surface area (Å²) in [6.45, 7) is 2.34. The van der Waals surface area contributed by atoms with Crippen molar-refractivity contribution >= 4 is 54.2 Å². The summed E-state index contributed by atoms with van der Waals surface area (Å²) in [6, 6.07) is -7.33. The third-order valence-corrected chi connectivity index (χ3v) is 4.99. The van der Waals surface area contributed by atoms with E-state index in [0.717, 1.165) is 6.92 Å². The van der Waals surface area contributed by atoms with Crippen LogP contribution in [0, 0.1) is 0 Å². The highest BCUT2D eigenvalue weighted by atomic mass is 32.1. The number of carboxylic acids is 3. The van der Waals surface area contributed by atoms with Crippen LogP contribution >= 0.6 is 12.6 Å². The molecule has 0 aliphatic rings. The summed E-state index contributed by atoms with van der Waals surface area (Å²) in [5.74, 6) is -8.33. The predicted molar refractivity (Wildman–Crippen MR) is 124 cm³/mol. The lowest BCUT2D eigenvalue weighted by atomic mass is 10.1. The Morgan fingerprint density at radius 1 is 0.778 bits per heavy atom. The van der Waals surface area contributed by atoms with Gasteiger partial charge in [-0.25, -0.2) is 4.79 Å². The first-order valence-corrected chi connectivity index (χ1v) is 11.2. The number of rotatable bonds is 16. The van der Waals surface area contributed by atoms with Gasteiger partial charge in [0.25, 0.3) is 0 Å². The van der Waals surface area contributed by atoms with Gasteiger partial charge in [0, 0.05) is 12.2 Å². The molecule has 10 N–H and O–H groups in total. The molecule has 4 amide bonds. The SMILES string of the molecule is C[C@H](NC(=O)[C@@H](NC(=O)[C@H](CS)NC(=O)[C@@H](N)CC(=O)O)[C@@H](C)O)C(=O)N[C@@H](CCC(=O)O)C(=O)O. The predicted octanol–water partition coefficient (Wildman–Crippen LogP) is -3.99. The molecule has 0 saturated heterocycles. The van der Waals surface area contributed by atoms with Crippen molar-refractivity contribution in [3.8, 4) is 0 Å². The molecule has 0 aromatic heterocycles. The number of thiol groups is 1. The molecule has 0 bridgehead atoms. The number of hydrogen-bond donors (Lipinski definition) is 10. The fourth-order valence-corrected chi connectivity index (χ4v) is 2.86. The summed E-state index contributed by atoms with van der Waals surface area (Å²) in [5, 5.41) is 45.1. The molecule has 0 spiro atoms. The molecule has 36 heavy (non-hydrogen) atoms. The summed E-state index contributed by atoms with van der Waals surface area (Å²) in [6.07, 6.45) is -3.13. The van der Waals surface area contributed by atoms with Gasteiger partial charge in [0.05, 0.1) is 18.6 Å². The van der Waals surface area contributed by atoms with Gasteiger partial charge < -0.3 is 47.4 Å². The molecule has 6 atom stereocenters. The fraction of sp³-hybridized carbons (Fsp3) is 0.632. The molecule has 204 valence electrons. The van der Waals surface area contributed by atoms with Crippen LogP contribution in [0.25, 0.3) is 0 Å². The van der Waals surface area contributed by atoms with Crippen LogP contribution in [0.15, 0.2) is 0 Å². The van der Waals surface area contributed by atoms with E-state index in [1.54, 1.807) is 0 Å². The van der Waals surface area contributed by atoms with Crippen LogP contribution in [-0.2, 0) is 33.6 Å². The maximum absolute atomic E-state index is 12.6. The van der Waals surface area contributed by atoms with E-state index in [0.29, 0.717) is 0 Å². The van der Waals surface area contributed by atoms with Gasteiger partial charge in [0.1, 0.15) is 24.2 Å². The molecule has 0 fully saturated rings. The minimum atomic E-state index is -1.62. The summed E-state index contributed by atoms with van der Waals surface area (Å²) < 4.78 is 0. The number of hydrogen-bond acceptors (Lipinski definition) is 10. The number of carboxylic acid groups (broad SMARTS) is 3. The Morgan fingerprint density at radius 2 is 1.33 bits per heavy atom. The van der Waals surface area contributed by atoms with E-state index in [-0.39, 0.29) is 5.75 Å². The van der Waals surface area contributed by atoms with Crippen molar-refractivity contribution in [2.75, 3.05) is 5.75 Å². The lowest BCUT2D eigenvalue weighted by Gasteiger charge is -2.26. The van der Waals surface area contributed by atoms with E-state index in [9.17, 15) is 38.7 Å². The number of amides is 4. The van der Waals surface area contributed by atoms with E-state index in [2.05, 4.69) is 33.9 Å². The first-order chi connectivity index (χ1) is 16.6. The summed E-state index contributed by atoms with van der Waals surface area (Å²) >= 11 is 3.92. The fourth-order valence-electron chi connectivity index (χ4n) is 2.60. The Morgan fingerprint density at radius 3 is 1.78 bits per heavy atom. The van der Waals surface area contributed by atoms with Crippen LogP contribution < -0.4 is 27.0 Å². The second kappa shape index (κ2) is 15.5. The first kappa shape index (κ1) is 32.6. The van der Waals surface area contributed by atoms with Gasteiger partial charge >= 0.3 is 17.9 Å². The van der Waals surface area contributed by atoms with E-state index in [1.807, 2.05) is 0 Å². The van der Waals surface area contributed by atoms with Gasteiger partial charge in [-0.3, -0.25) is 28.8 Å². The Hall–Kier alpha value is -3.44. The Bertz CT molecular complexity index is 854. The van der Waals surface area contributed by atoms with Gasteiger partial charge in [-0.2, -0.15) is 12.6 Å². The Labute approximate surface area is 210 Å². The Balaban J connectivity index is 5.20. The molecule has 0 aliphatic heterocycles. The summed E-state index contributed by atoms with van der Waals surface area (Å²) in [7, 11) is 0. The van der Waals surface area contributed by atoms with Crippen LogP contribution in [0.3, 0.4) is 0 Å². The van der Waals surface area contributed by atoms with E-state index >= 15 is 0 Å². The average Bonchev–Trinajstić information content (AvgIpc) is 2.76. The summed E-state index contributed by atoms with van der Waals surface area (Å²) in [5.41, 5.74) is 5.43. The number of nitrogens with one attached hydrogen (secondary N) is 4. The molecule has 0 unspecified atom stereocenters. The molecule has 0 rings (SSSR count). The third kappa shape index (κ3) is 11.8. The second-order valence-corrected chi connectivity index (χ2v) is 8.10. The molecular weight excluding hydrogens is 506 g/mol. The molecule has 0 saturated carbocycles. The van der Waals surface area contributed by atoms with Crippen LogP contribution in [0.4, 0.5) is 0 Å². The highest BCUT2D eigenvalue weighted by Gasteiger charge is 2.32. The number of carbonyl (C=O) groups is 7. The van der Waals surface area contributed by atoms with Crippen molar-refractivity contribution in [2.24, 2.45) is 5.73 Å². The maximum Gasteiger partial charge on any atom is 0.326 e. The van der Waals surface area contributed by atoms with E-state index in [1.165, 1.54) is 6.92 Å². The van der Waals surface area contributed by atoms with Crippen molar-refractivity contribution in [1.29, 1.82) is 0 Å². The number of nitrogens with two attached hydrogens (primary N) is 1. The van der Waals surface area contributed by atoms with E-state index in [4.69, 9.17) is 21.1 Å². The van der Waals surface area contributed by atoms with Crippen molar-refractivity contribution in [3.63, 3.8) is 0 Å².